The van der Waals surface area contributed by atoms with Crippen LogP contribution in [-0.4, -0.2) is 11.5 Å². The van der Waals surface area contributed by atoms with Gasteiger partial charge in [0.15, 0.2) is 0 Å². The molecule has 0 saturated carbocycles. The third-order valence-corrected chi connectivity index (χ3v) is 3.40. The molecule has 0 aliphatic carbocycles. The van der Waals surface area contributed by atoms with Crippen molar-refractivity contribution in [3.8, 4) is 0 Å². The number of aromatic nitrogens is 1. The molecule has 3 N–H and O–H groups in total. The number of nitrogen functional groups attached to an aromatic ring is 1. The van der Waals surface area contributed by atoms with E-state index in [0.717, 1.165) is 12.1 Å². The average Bonchev–Trinajstić information content (AvgIpc) is 2.26. The van der Waals surface area contributed by atoms with Crippen molar-refractivity contribution in [3.05, 3.63) is 17.7 Å². The predicted octanol–water partition coefficient (Wildman–Crippen LogP) is 4.02. The molecule has 0 amide bonds. The van der Waals surface area contributed by atoms with E-state index in [1.165, 1.54) is 0 Å². The third-order valence-electron chi connectivity index (χ3n) is 3.40. The summed E-state index contributed by atoms with van der Waals surface area (Å²) in [4.78, 5) is 3.90. The van der Waals surface area contributed by atoms with Gasteiger partial charge in [-0.25, -0.2) is 4.98 Å². The van der Waals surface area contributed by atoms with Crippen LogP contribution in [0.1, 0.15) is 33.3 Å². The maximum Gasteiger partial charge on any atom is 0.416 e. The molecule has 0 atom stereocenters. The van der Waals surface area contributed by atoms with Crippen LogP contribution in [-0.2, 0) is 6.18 Å². The summed E-state index contributed by atoms with van der Waals surface area (Å²) in [5.41, 5.74) is 4.65. The monoisotopic (exact) mass is 289 g/mol. The Labute approximate surface area is 117 Å². The number of nitrogens with zero attached hydrogens (tertiary/aromatic N) is 1. The van der Waals surface area contributed by atoms with Crippen LogP contribution in [0.4, 0.5) is 24.8 Å². The molecule has 1 aromatic heterocycles. The first-order chi connectivity index (χ1) is 9.11. The highest BCUT2D eigenvalue weighted by atomic mass is 19.4. The number of halogens is 3. The molecule has 1 rings (SSSR count). The van der Waals surface area contributed by atoms with Gasteiger partial charge in [0.25, 0.3) is 0 Å². The summed E-state index contributed by atoms with van der Waals surface area (Å²) in [6, 6.07) is 1.83. The summed E-state index contributed by atoms with van der Waals surface area (Å²) in [5.74, 6) is 1.26. The highest BCUT2D eigenvalue weighted by Crippen LogP contribution is 2.31. The molecule has 3 nitrogen and oxygen atoms in total. The van der Waals surface area contributed by atoms with Crippen molar-refractivity contribution in [2.24, 2.45) is 17.8 Å². The smallest absolute Gasteiger partial charge is 0.384 e. The first-order valence-corrected chi connectivity index (χ1v) is 6.70. The lowest BCUT2D eigenvalue weighted by Crippen LogP contribution is -2.25. The lowest BCUT2D eigenvalue weighted by molar-refractivity contribution is -0.137. The highest BCUT2D eigenvalue weighted by Gasteiger charge is 2.31. The van der Waals surface area contributed by atoms with E-state index in [1.54, 1.807) is 0 Å². The normalized spacial score (nSPS) is 12.5. The molecule has 0 fully saturated rings. The van der Waals surface area contributed by atoms with Gasteiger partial charge in [-0.15, -0.1) is 0 Å². The zero-order valence-corrected chi connectivity index (χ0v) is 12.3. The van der Waals surface area contributed by atoms with E-state index in [0.29, 0.717) is 24.3 Å². The van der Waals surface area contributed by atoms with E-state index in [2.05, 4.69) is 38.0 Å². The van der Waals surface area contributed by atoms with Crippen molar-refractivity contribution >= 4 is 11.6 Å². The first kappa shape index (κ1) is 16.6. The van der Waals surface area contributed by atoms with Crippen molar-refractivity contribution < 1.29 is 13.2 Å². The average molecular weight is 289 g/mol. The van der Waals surface area contributed by atoms with Crippen molar-refractivity contribution in [1.82, 2.24) is 4.98 Å². The molecule has 20 heavy (non-hydrogen) atoms. The topological polar surface area (TPSA) is 50.9 Å². The zero-order chi connectivity index (χ0) is 15.5. The standard InChI is InChI=1S/C14H22F3N3/c1-8(2)11(9(3)4)7-19-13-6-10(14(15,16)17)5-12(18)20-13/h5-6,8-9,11H,7H2,1-4H3,(H3,18,19,20). The van der Waals surface area contributed by atoms with E-state index in [4.69, 9.17) is 5.73 Å². The summed E-state index contributed by atoms with van der Waals surface area (Å²) in [7, 11) is 0. The number of nitrogens with one attached hydrogen (secondary N) is 1. The fourth-order valence-electron chi connectivity index (χ4n) is 2.27. The molecule has 0 radical (unpaired) electrons. The van der Waals surface area contributed by atoms with E-state index in [-0.39, 0.29) is 11.6 Å². The summed E-state index contributed by atoms with van der Waals surface area (Å²) in [6.07, 6.45) is -4.41. The van der Waals surface area contributed by atoms with Crippen LogP contribution in [0.25, 0.3) is 0 Å². The molecule has 6 heteroatoms. The summed E-state index contributed by atoms with van der Waals surface area (Å²) >= 11 is 0. The Hall–Kier alpha value is -1.46. The van der Waals surface area contributed by atoms with Crippen LogP contribution in [0.15, 0.2) is 12.1 Å². The Morgan fingerprint density at radius 2 is 1.70 bits per heavy atom. The Kier molecular flexibility index (Phi) is 5.25. The molecule has 0 spiro atoms. The number of anilines is 2. The van der Waals surface area contributed by atoms with Gasteiger partial charge in [0.2, 0.25) is 0 Å². The van der Waals surface area contributed by atoms with Crippen LogP contribution in [0.3, 0.4) is 0 Å². The minimum Gasteiger partial charge on any atom is -0.384 e. The van der Waals surface area contributed by atoms with Crippen LogP contribution >= 0.6 is 0 Å². The molecule has 0 aliphatic heterocycles. The molecular formula is C14H22F3N3. The number of nitrogens with two attached hydrogens (primary N) is 1. The SMILES string of the molecule is CC(C)C(CNc1cc(C(F)(F)F)cc(N)n1)C(C)C. The van der Waals surface area contributed by atoms with Gasteiger partial charge in [-0.1, -0.05) is 27.7 Å². The van der Waals surface area contributed by atoms with Crippen LogP contribution in [0, 0.1) is 17.8 Å². The Balaban J connectivity index is 2.85. The molecule has 0 aliphatic rings. The van der Waals surface area contributed by atoms with Gasteiger partial charge in [-0.05, 0) is 29.9 Å². The van der Waals surface area contributed by atoms with Gasteiger partial charge in [0, 0.05) is 6.54 Å². The highest BCUT2D eigenvalue weighted by molar-refractivity contribution is 5.47. The van der Waals surface area contributed by atoms with Crippen molar-refractivity contribution in [3.63, 3.8) is 0 Å². The van der Waals surface area contributed by atoms with Gasteiger partial charge in [-0.2, -0.15) is 13.2 Å². The minimum absolute atomic E-state index is 0.132. The number of hydrogen-bond donors (Lipinski definition) is 2. The van der Waals surface area contributed by atoms with E-state index >= 15 is 0 Å². The lowest BCUT2D eigenvalue weighted by Gasteiger charge is -2.25. The Morgan fingerprint density at radius 1 is 1.15 bits per heavy atom. The maximum atomic E-state index is 12.7. The second kappa shape index (κ2) is 6.33. The molecule has 0 bridgehead atoms. The number of pyridine rings is 1. The second-order valence-corrected chi connectivity index (χ2v) is 5.70. The lowest BCUT2D eigenvalue weighted by atomic mass is 9.85. The van der Waals surface area contributed by atoms with Gasteiger partial charge in [-0.3, -0.25) is 0 Å². The Bertz CT molecular complexity index is 434. The minimum atomic E-state index is -4.41. The zero-order valence-electron chi connectivity index (χ0n) is 12.3. The number of hydrogen-bond acceptors (Lipinski definition) is 3. The summed E-state index contributed by atoms with van der Waals surface area (Å²) < 4.78 is 38.1. The van der Waals surface area contributed by atoms with Crippen LogP contribution in [0.2, 0.25) is 0 Å². The molecule has 0 unspecified atom stereocenters. The van der Waals surface area contributed by atoms with Crippen LogP contribution in [0.5, 0.6) is 0 Å². The molecule has 0 saturated heterocycles. The third kappa shape index (κ3) is 4.58. The largest absolute Gasteiger partial charge is 0.416 e. The van der Waals surface area contributed by atoms with Gasteiger partial charge in [0.1, 0.15) is 11.6 Å². The molecular weight excluding hydrogens is 267 g/mol. The molecule has 114 valence electrons. The van der Waals surface area contributed by atoms with Crippen molar-refractivity contribution in [1.29, 1.82) is 0 Å². The predicted molar refractivity (Wildman–Crippen MR) is 75.3 cm³/mol. The molecule has 0 aromatic carbocycles. The summed E-state index contributed by atoms with van der Waals surface area (Å²) in [5, 5.41) is 2.97. The van der Waals surface area contributed by atoms with Crippen molar-refractivity contribution in [2.75, 3.05) is 17.6 Å². The Morgan fingerprint density at radius 3 is 2.15 bits per heavy atom. The number of rotatable bonds is 5. The summed E-state index contributed by atoms with van der Waals surface area (Å²) in [6.45, 7) is 8.96. The quantitative estimate of drug-likeness (QED) is 0.860. The molecule has 1 aromatic rings. The van der Waals surface area contributed by atoms with E-state index in [9.17, 15) is 13.2 Å². The first-order valence-electron chi connectivity index (χ1n) is 6.70. The van der Waals surface area contributed by atoms with E-state index in [1.807, 2.05) is 0 Å². The van der Waals surface area contributed by atoms with Gasteiger partial charge in [0.05, 0.1) is 5.56 Å². The van der Waals surface area contributed by atoms with Gasteiger partial charge >= 0.3 is 6.18 Å². The van der Waals surface area contributed by atoms with E-state index < -0.39 is 11.7 Å². The second-order valence-electron chi connectivity index (χ2n) is 5.70. The fourth-order valence-corrected chi connectivity index (χ4v) is 2.27. The van der Waals surface area contributed by atoms with Crippen molar-refractivity contribution in [2.45, 2.75) is 33.9 Å². The van der Waals surface area contributed by atoms with Crippen LogP contribution < -0.4 is 11.1 Å². The number of alkyl halides is 3. The van der Waals surface area contributed by atoms with Gasteiger partial charge < -0.3 is 11.1 Å². The molecule has 1 heterocycles. The fraction of sp³-hybridized carbons (Fsp3) is 0.643. The maximum absolute atomic E-state index is 12.7.